The van der Waals surface area contributed by atoms with Crippen LogP contribution in [-0.4, -0.2) is 55.0 Å². The molecule has 1 saturated heterocycles. The predicted octanol–water partition coefficient (Wildman–Crippen LogP) is 3.79. The Morgan fingerprint density at radius 3 is 2.19 bits per heavy atom. The molecule has 0 radical (unpaired) electrons. The van der Waals surface area contributed by atoms with Gasteiger partial charge >= 0.3 is 0 Å². The number of amides is 1. The number of nitrogens with one attached hydrogen (secondary N) is 1. The van der Waals surface area contributed by atoms with Gasteiger partial charge in [-0.25, -0.2) is 0 Å². The van der Waals surface area contributed by atoms with Crippen molar-refractivity contribution in [3.05, 3.63) is 64.1 Å². The normalized spacial score (nSPS) is 15.8. The SMILES string of the molecule is O=C(CN1CCN(CCc2ccccc2Cl)CC1)Nc1ccccc1Cl. The molecule has 2 aromatic carbocycles. The third kappa shape index (κ3) is 5.45. The van der Waals surface area contributed by atoms with Gasteiger partial charge in [-0.15, -0.1) is 0 Å². The fraction of sp³-hybridized carbons (Fsp3) is 0.350. The number of carbonyl (C=O) groups excluding carboxylic acids is 1. The number of para-hydroxylation sites is 1. The van der Waals surface area contributed by atoms with Crippen LogP contribution in [0.4, 0.5) is 5.69 Å². The molecule has 1 heterocycles. The highest BCUT2D eigenvalue weighted by atomic mass is 35.5. The van der Waals surface area contributed by atoms with Gasteiger partial charge in [-0.2, -0.15) is 0 Å². The average molecular weight is 392 g/mol. The second kappa shape index (κ2) is 9.38. The molecule has 2 aromatic rings. The molecule has 1 amide bonds. The summed E-state index contributed by atoms with van der Waals surface area (Å²) in [5.74, 6) is -0.0254. The lowest BCUT2D eigenvalue weighted by molar-refractivity contribution is -0.117. The molecule has 4 nitrogen and oxygen atoms in total. The fourth-order valence-electron chi connectivity index (χ4n) is 3.11. The van der Waals surface area contributed by atoms with Gasteiger partial charge in [0.05, 0.1) is 17.3 Å². The van der Waals surface area contributed by atoms with E-state index < -0.39 is 0 Å². The molecule has 26 heavy (non-hydrogen) atoms. The van der Waals surface area contributed by atoms with Crippen molar-refractivity contribution in [1.29, 1.82) is 0 Å². The van der Waals surface area contributed by atoms with E-state index in [9.17, 15) is 4.79 Å². The van der Waals surface area contributed by atoms with E-state index in [1.807, 2.05) is 36.4 Å². The number of carbonyl (C=O) groups is 1. The quantitative estimate of drug-likeness (QED) is 0.813. The Hall–Kier alpha value is -1.59. The van der Waals surface area contributed by atoms with E-state index in [2.05, 4.69) is 21.2 Å². The van der Waals surface area contributed by atoms with Crippen LogP contribution in [0.5, 0.6) is 0 Å². The van der Waals surface area contributed by atoms with E-state index in [1.165, 1.54) is 5.56 Å². The molecule has 1 aliphatic heterocycles. The smallest absolute Gasteiger partial charge is 0.238 e. The van der Waals surface area contributed by atoms with Gasteiger partial charge in [0.1, 0.15) is 0 Å². The van der Waals surface area contributed by atoms with Crippen molar-refractivity contribution in [3.63, 3.8) is 0 Å². The molecule has 1 aliphatic rings. The molecule has 1 N–H and O–H groups in total. The maximum atomic E-state index is 12.2. The molecular weight excluding hydrogens is 369 g/mol. The topological polar surface area (TPSA) is 35.6 Å². The number of hydrogen-bond acceptors (Lipinski definition) is 3. The summed E-state index contributed by atoms with van der Waals surface area (Å²) >= 11 is 12.3. The van der Waals surface area contributed by atoms with Gasteiger partial charge in [0, 0.05) is 37.7 Å². The number of rotatable bonds is 6. The molecule has 138 valence electrons. The number of hydrogen-bond donors (Lipinski definition) is 1. The van der Waals surface area contributed by atoms with Gasteiger partial charge in [0.15, 0.2) is 0 Å². The Morgan fingerprint density at radius 1 is 0.885 bits per heavy atom. The molecule has 0 atom stereocenters. The summed E-state index contributed by atoms with van der Waals surface area (Å²) in [6.45, 7) is 5.08. The predicted molar refractivity (Wildman–Crippen MR) is 108 cm³/mol. The summed E-state index contributed by atoms with van der Waals surface area (Å²) in [5.41, 5.74) is 1.85. The minimum Gasteiger partial charge on any atom is -0.324 e. The molecule has 1 fully saturated rings. The number of benzene rings is 2. The van der Waals surface area contributed by atoms with Crippen molar-refractivity contribution in [2.24, 2.45) is 0 Å². The molecule has 0 aliphatic carbocycles. The largest absolute Gasteiger partial charge is 0.324 e. The summed E-state index contributed by atoms with van der Waals surface area (Å²) in [6.07, 6.45) is 0.951. The standard InChI is InChI=1S/C20H23Cl2N3O/c21-17-6-2-1-5-16(17)9-10-24-11-13-25(14-12-24)15-20(26)23-19-8-4-3-7-18(19)22/h1-8H,9-15H2,(H,23,26). The third-order valence-corrected chi connectivity index (χ3v) is 5.33. The molecular formula is C20H23Cl2N3O. The second-order valence-electron chi connectivity index (χ2n) is 6.49. The van der Waals surface area contributed by atoms with Crippen molar-refractivity contribution < 1.29 is 4.79 Å². The molecule has 0 bridgehead atoms. The van der Waals surface area contributed by atoms with Gasteiger partial charge in [-0.05, 0) is 30.2 Å². The van der Waals surface area contributed by atoms with Crippen LogP contribution in [0.3, 0.4) is 0 Å². The monoisotopic (exact) mass is 391 g/mol. The Morgan fingerprint density at radius 2 is 1.50 bits per heavy atom. The highest BCUT2D eigenvalue weighted by molar-refractivity contribution is 6.33. The van der Waals surface area contributed by atoms with Crippen molar-refractivity contribution in [2.45, 2.75) is 6.42 Å². The summed E-state index contributed by atoms with van der Waals surface area (Å²) < 4.78 is 0. The third-order valence-electron chi connectivity index (χ3n) is 4.64. The molecule has 0 saturated carbocycles. The van der Waals surface area contributed by atoms with E-state index >= 15 is 0 Å². The van der Waals surface area contributed by atoms with Crippen molar-refractivity contribution >= 4 is 34.8 Å². The molecule has 0 unspecified atom stereocenters. The lowest BCUT2D eigenvalue weighted by atomic mass is 10.1. The van der Waals surface area contributed by atoms with E-state index in [4.69, 9.17) is 23.2 Å². The van der Waals surface area contributed by atoms with Crippen LogP contribution in [-0.2, 0) is 11.2 Å². The number of anilines is 1. The van der Waals surface area contributed by atoms with E-state index in [1.54, 1.807) is 6.07 Å². The number of nitrogens with zero attached hydrogens (tertiary/aromatic N) is 2. The Bertz CT molecular complexity index is 745. The first-order chi connectivity index (χ1) is 12.6. The van der Waals surface area contributed by atoms with Crippen LogP contribution in [0, 0.1) is 0 Å². The highest BCUT2D eigenvalue weighted by Gasteiger charge is 2.19. The van der Waals surface area contributed by atoms with Crippen molar-refractivity contribution in [2.75, 3.05) is 44.6 Å². The average Bonchev–Trinajstić information content (AvgIpc) is 2.64. The minimum atomic E-state index is -0.0254. The van der Waals surface area contributed by atoms with Crippen molar-refractivity contribution in [3.8, 4) is 0 Å². The first-order valence-corrected chi connectivity index (χ1v) is 9.60. The van der Waals surface area contributed by atoms with Gasteiger partial charge in [0.2, 0.25) is 5.91 Å². The Kier molecular flexibility index (Phi) is 6.92. The zero-order valence-corrected chi connectivity index (χ0v) is 16.1. The van der Waals surface area contributed by atoms with Crippen LogP contribution in [0.1, 0.15) is 5.56 Å². The molecule has 0 aromatic heterocycles. The van der Waals surface area contributed by atoms with Crippen LogP contribution >= 0.6 is 23.2 Å². The first kappa shape index (κ1) is 19.2. The fourth-order valence-corrected chi connectivity index (χ4v) is 3.52. The summed E-state index contributed by atoms with van der Waals surface area (Å²) in [7, 11) is 0. The second-order valence-corrected chi connectivity index (χ2v) is 7.30. The summed E-state index contributed by atoms with van der Waals surface area (Å²) in [5, 5.41) is 4.28. The van der Waals surface area contributed by atoms with Gasteiger partial charge in [0.25, 0.3) is 0 Å². The van der Waals surface area contributed by atoms with Crippen molar-refractivity contribution in [1.82, 2.24) is 9.80 Å². The Balaban J connectivity index is 1.40. The van der Waals surface area contributed by atoms with Crippen LogP contribution in [0.25, 0.3) is 0 Å². The van der Waals surface area contributed by atoms with E-state index in [0.717, 1.165) is 44.2 Å². The maximum absolute atomic E-state index is 12.2. The zero-order valence-electron chi connectivity index (χ0n) is 14.6. The van der Waals surface area contributed by atoms with Crippen LogP contribution in [0.15, 0.2) is 48.5 Å². The van der Waals surface area contributed by atoms with Gasteiger partial charge in [-0.1, -0.05) is 53.5 Å². The summed E-state index contributed by atoms with van der Waals surface area (Å²) in [6, 6.07) is 15.3. The molecule has 0 spiro atoms. The number of piperazine rings is 1. The van der Waals surface area contributed by atoms with E-state index in [0.29, 0.717) is 17.3 Å². The Labute approximate surface area is 164 Å². The first-order valence-electron chi connectivity index (χ1n) is 8.84. The summed E-state index contributed by atoms with van der Waals surface area (Å²) in [4.78, 5) is 16.8. The van der Waals surface area contributed by atoms with Crippen LogP contribution < -0.4 is 5.32 Å². The van der Waals surface area contributed by atoms with E-state index in [-0.39, 0.29) is 5.91 Å². The lowest BCUT2D eigenvalue weighted by Crippen LogP contribution is -2.49. The molecule has 6 heteroatoms. The van der Waals surface area contributed by atoms with Gasteiger partial charge in [-0.3, -0.25) is 9.69 Å². The maximum Gasteiger partial charge on any atom is 0.238 e. The lowest BCUT2D eigenvalue weighted by Gasteiger charge is -2.34. The highest BCUT2D eigenvalue weighted by Crippen LogP contribution is 2.20. The number of halogens is 2. The van der Waals surface area contributed by atoms with Gasteiger partial charge < -0.3 is 10.2 Å². The minimum absolute atomic E-state index is 0.0254. The zero-order chi connectivity index (χ0) is 18.4. The molecule has 3 rings (SSSR count). The van der Waals surface area contributed by atoms with Crippen LogP contribution in [0.2, 0.25) is 10.0 Å².